The Hall–Kier alpha value is -2.62. The first-order chi connectivity index (χ1) is 10.5. The molecule has 2 aromatic rings. The number of aryl methyl sites for hydroxylation is 2. The van der Waals surface area contributed by atoms with Crippen molar-refractivity contribution in [3.8, 4) is 5.75 Å². The van der Waals surface area contributed by atoms with Crippen molar-refractivity contribution in [2.75, 3.05) is 6.61 Å². The molecule has 114 valence electrons. The minimum Gasteiger partial charge on any atom is -0.484 e. The summed E-state index contributed by atoms with van der Waals surface area (Å²) in [5, 5.41) is 4.08. The Morgan fingerprint density at radius 1 is 1.09 bits per heavy atom. The number of amides is 1. The van der Waals surface area contributed by atoms with E-state index in [-0.39, 0.29) is 12.5 Å². The fourth-order valence-electron chi connectivity index (χ4n) is 2.09. The monoisotopic (exact) mass is 296 g/mol. The average Bonchev–Trinajstić information content (AvgIpc) is 2.50. The van der Waals surface area contributed by atoms with E-state index in [1.54, 1.807) is 0 Å². The van der Waals surface area contributed by atoms with Gasteiger partial charge < -0.3 is 4.74 Å². The lowest BCUT2D eigenvalue weighted by Gasteiger charge is -2.07. The molecule has 0 saturated carbocycles. The molecular weight excluding hydrogens is 276 g/mol. The number of rotatable bonds is 5. The van der Waals surface area contributed by atoms with Gasteiger partial charge in [0.2, 0.25) is 0 Å². The first-order valence-corrected chi connectivity index (χ1v) is 7.14. The summed E-state index contributed by atoms with van der Waals surface area (Å²) >= 11 is 0. The maximum Gasteiger partial charge on any atom is 0.277 e. The third-order valence-corrected chi connectivity index (χ3v) is 3.11. The Kier molecular flexibility index (Phi) is 5.31. The van der Waals surface area contributed by atoms with Gasteiger partial charge in [-0.15, -0.1) is 0 Å². The van der Waals surface area contributed by atoms with Gasteiger partial charge in [-0.1, -0.05) is 36.4 Å². The topological polar surface area (TPSA) is 50.7 Å². The quantitative estimate of drug-likeness (QED) is 0.680. The molecule has 0 aliphatic heterocycles. The minimum absolute atomic E-state index is 0.0610. The largest absolute Gasteiger partial charge is 0.484 e. The van der Waals surface area contributed by atoms with E-state index >= 15 is 0 Å². The van der Waals surface area contributed by atoms with Crippen LogP contribution in [0.25, 0.3) is 0 Å². The third-order valence-electron chi connectivity index (χ3n) is 3.11. The lowest BCUT2D eigenvalue weighted by molar-refractivity contribution is -0.123. The molecule has 0 heterocycles. The molecule has 1 N–H and O–H groups in total. The lowest BCUT2D eigenvalue weighted by Crippen LogP contribution is -2.25. The van der Waals surface area contributed by atoms with Crippen molar-refractivity contribution in [1.29, 1.82) is 0 Å². The van der Waals surface area contributed by atoms with Crippen molar-refractivity contribution in [3.05, 3.63) is 65.2 Å². The molecule has 0 saturated heterocycles. The highest BCUT2D eigenvalue weighted by molar-refractivity contribution is 5.99. The molecule has 0 aromatic heterocycles. The van der Waals surface area contributed by atoms with Gasteiger partial charge in [0.1, 0.15) is 5.75 Å². The Morgan fingerprint density at radius 3 is 2.36 bits per heavy atom. The predicted octanol–water partition coefficient (Wildman–Crippen LogP) is 3.22. The standard InChI is InChI=1S/C18H20N2O2/c1-13-9-14(2)11-17(10-13)22-12-18(21)20-19-15(3)16-7-5-4-6-8-16/h4-11H,12H2,1-3H3,(H,20,21)/b19-15+. The molecule has 4 heteroatoms. The molecule has 0 unspecified atom stereocenters. The Bertz CT molecular complexity index is 658. The van der Waals surface area contributed by atoms with Gasteiger partial charge in [0, 0.05) is 0 Å². The molecule has 0 bridgehead atoms. The Balaban J connectivity index is 1.88. The van der Waals surface area contributed by atoms with E-state index in [2.05, 4.69) is 16.6 Å². The van der Waals surface area contributed by atoms with E-state index in [0.29, 0.717) is 5.75 Å². The molecule has 0 atom stereocenters. The average molecular weight is 296 g/mol. The molecule has 2 aromatic carbocycles. The number of ether oxygens (including phenoxy) is 1. The van der Waals surface area contributed by atoms with Crippen LogP contribution < -0.4 is 10.2 Å². The molecule has 4 nitrogen and oxygen atoms in total. The van der Waals surface area contributed by atoms with E-state index in [0.717, 1.165) is 22.4 Å². The van der Waals surface area contributed by atoms with Crippen molar-refractivity contribution in [3.63, 3.8) is 0 Å². The van der Waals surface area contributed by atoms with Crippen LogP contribution in [-0.2, 0) is 4.79 Å². The first kappa shape index (κ1) is 15.8. The second-order valence-electron chi connectivity index (χ2n) is 5.21. The van der Waals surface area contributed by atoms with E-state index in [4.69, 9.17) is 4.74 Å². The molecule has 0 spiro atoms. The van der Waals surface area contributed by atoms with Crippen molar-refractivity contribution >= 4 is 11.6 Å². The van der Waals surface area contributed by atoms with Crippen LogP contribution >= 0.6 is 0 Å². The molecular formula is C18H20N2O2. The third kappa shape index (κ3) is 4.74. The number of benzene rings is 2. The molecule has 0 radical (unpaired) electrons. The summed E-state index contributed by atoms with van der Waals surface area (Å²) < 4.78 is 5.49. The molecule has 2 rings (SSSR count). The molecule has 1 amide bonds. The number of carbonyl (C=O) groups excluding carboxylic acids is 1. The number of hydrogen-bond donors (Lipinski definition) is 1. The van der Waals surface area contributed by atoms with Gasteiger partial charge in [-0.25, -0.2) is 5.43 Å². The second kappa shape index (κ2) is 7.41. The zero-order valence-corrected chi connectivity index (χ0v) is 13.1. The van der Waals surface area contributed by atoms with Gasteiger partial charge >= 0.3 is 0 Å². The fourth-order valence-corrected chi connectivity index (χ4v) is 2.09. The highest BCUT2D eigenvalue weighted by Gasteiger charge is 2.03. The summed E-state index contributed by atoms with van der Waals surface area (Å²) in [6, 6.07) is 15.5. The maximum atomic E-state index is 11.8. The van der Waals surface area contributed by atoms with Gasteiger partial charge in [-0.05, 0) is 49.6 Å². The van der Waals surface area contributed by atoms with Crippen LogP contribution in [-0.4, -0.2) is 18.2 Å². The summed E-state index contributed by atoms with van der Waals surface area (Å²) in [6.07, 6.45) is 0. The summed E-state index contributed by atoms with van der Waals surface area (Å²) in [5.74, 6) is 0.408. The predicted molar refractivity (Wildman–Crippen MR) is 88.2 cm³/mol. The van der Waals surface area contributed by atoms with E-state index < -0.39 is 0 Å². The van der Waals surface area contributed by atoms with E-state index in [9.17, 15) is 4.79 Å². The summed E-state index contributed by atoms with van der Waals surface area (Å²) in [5.41, 5.74) is 6.44. The van der Waals surface area contributed by atoms with Crippen LogP contribution in [0.4, 0.5) is 0 Å². The van der Waals surface area contributed by atoms with Crippen LogP contribution in [0.2, 0.25) is 0 Å². The molecule has 0 fully saturated rings. The number of nitrogens with one attached hydrogen (secondary N) is 1. The van der Waals surface area contributed by atoms with Gasteiger partial charge in [-0.2, -0.15) is 5.10 Å². The van der Waals surface area contributed by atoms with Crippen molar-refractivity contribution in [2.24, 2.45) is 5.10 Å². The molecule has 0 aliphatic rings. The summed E-state index contributed by atoms with van der Waals surface area (Å²) in [4.78, 5) is 11.8. The first-order valence-electron chi connectivity index (χ1n) is 7.14. The van der Waals surface area contributed by atoms with Gasteiger partial charge in [0.15, 0.2) is 6.61 Å². The van der Waals surface area contributed by atoms with Crippen LogP contribution in [0.15, 0.2) is 53.6 Å². The zero-order valence-electron chi connectivity index (χ0n) is 13.1. The maximum absolute atomic E-state index is 11.8. The van der Waals surface area contributed by atoms with E-state index in [1.807, 2.05) is 63.2 Å². The highest BCUT2D eigenvalue weighted by Crippen LogP contribution is 2.15. The fraction of sp³-hybridized carbons (Fsp3) is 0.222. The Labute approximate surface area is 130 Å². The smallest absolute Gasteiger partial charge is 0.277 e. The molecule has 0 aliphatic carbocycles. The zero-order chi connectivity index (χ0) is 15.9. The van der Waals surface area contributed by atoms with Crippen molar-refractivity contribution in [1.82, 2.24) is 5.43 Å². The second-order valence-corrected chi connectivity index (χ2v) is 5.21. The van der Waals surface area contributed by atoms with E-state index in [1.165, 1.54) is 0 Å². The van der Waals surface area contributed by atoms with Crippen LogP contribution in [0.5, 0.6) is 5.75 Å². The number of nitrogens with zero attached hydrogens (tertiary/aromatic N) is 1. The number of hydrazone groups is 1. The normalized spacial score (nSPS) is 11.1. The number of hydrogen-bond acceptors (Lipinski definition) is 3. The van der Waals surface area contributed by atoms with Gasteiger partial charge in [0.05, 0.1) is 5.71 Å². The van der Waals surface area contributed by atoms with Gasteiger partial charge in [-0.3, -0.25) is 4.79 Å². The lowest BCUT2D eigenvalue weighted by atomic mass is 10.1. The summed E-state index contributed by atoms with van der Waals surface area (Å²) in [7, 11) is 0. The van der Waals surface area contributed by atoms with Crippen molar-refractivity contribution < 1.29 is 9.53 Å². The summed E-state index contributed by atoms with van der Waals surface area (Å²) in [6.45, 7) is 5.77. The van der Waals surface area contributed by atoms with Crippen LogP contribution in [0.1, 0.15) is 23.6 Å². The minimum atomic E-state index is -0.283. The SMILES string of the molecule is C/C(=N\NC(=O)COc1cc(C)cc(C)c1)c1ccccc1. The van der Waals surface area contributed by atoms with Crippen molar-refractivity contribution in [2.45, 2.75) is 20.8 Å². The Morgan fingerprint density at radius 2 is 1.73 bits per heavy atom. The number of carbonyl (C=O) groups is 1. The van der Waals surface area contributed by atoms with Gasteiger partial charge in [0.25, 0.3) is 5.91 Å². The van der Waals surface area contributed by atoms with Crippen LogP contribution in [0, 0.1) is 13.8 Å². The molecule has 22 heavy (non-hydrogen) atoms. The van der Waals surface area contributed by atoms with Crippen LogP contribution in [0.3, 0.4) is 0 Å². The highest BCUT2D eigenvalue weighted by atomic mass is 16.5.